The van der Waals surface area contributed by atoms with Crippen molar-refractivity contribution in [3.8, 4) is 0 Å². The van der Waals surface area contributed by atoms with Crippen molar-refractivity contribution in [1.82, 2.24) is 0 Å². The Morgan fingerprint density at radius 2 is 1.46 bits per heavy atom. The molecule has 0 bridgehead atoms. The third-order valence-corrected chi connectivity index (χ3v) is 29.6. The predicted molar refractivity (Wildman–Crippen MR) is 240 cm³/mol. The van der Waals surface area contributed by atoms with Gasteiger partial charge in [-0.25, -0.2) is 8.42 Å². The normalized spacial score (nSPS) is 26.5. The molecule has 0 N–H and O–H groups in total. The second kappa shape index (κ2) is 20.3. The zero-order valence-electron chi connectivity index (χ0n) is 38.2. The molecular formula is C44H82O8SSi3. The second-order valence-electron chi connectivity index (χ2n) is 19.9. The van der Waals surface area contributed by atoms with Crippen molar-refractivity contribution in [2.45, 2.75) is 197 Å². The van der Waals surface area contributed by atoms with Gasteiger partial charge in [0.25, 0.3) is 0 Å². The van der Waals surface area contributed by atoms with Gasteiger partial charge in [-0.05, 0) is 97.3 Å². The number of hydrogen-bond acceptors (Lipinski definition) is 8. The molecule has 56 heavy (non-hydrogen) atoms. The van der Waals surface area contributed by atoms with Crippen LogP contribution in [0.3, 0.4) is 0 Å². The number of hydrogen-bond donors (Lipinski definition) is 0. The van der Waals surface area contributed by atoms with Gasteiger partial charge in [0.15, 0.2) is 34.8 Å². The molecule has 3 rings (SSSR count). The van der Waals surface area contributed by atoms with Crippen molar-refractivity contribution in [2.75, 3.05) is 26.1 Å². The molecule has 0 aliphatic carbocycles. The zero-order valence-corrected chi connectivity index (χ0v) is 42.0. The average molecular weight is 855 g/mol. The topological polar surface area (TPSA) is 89.5 Å². The van der Waals surface area contributed by atoms with E-state index in [9.17, 15) is 8.42 Å². The fraction of sp³-hybridized carbons (Fsp3) is 0.818. The van der Waals surface area contributed by atoms with E-state index in [2.05, 4.69) is 102 Å². The third-order valence-electron chi connectivity index (χ3n) is 14.1. The highest BCUT2D eigenvalue weighted by atomic mass is 32.2. The van der Waals surface area contributed by atoms with Crippen LogP contribution in [0.25, 0.3) is 0 Å². The molecule has 12 heteroatoms. The van der Waals surface area contributed by atoms with Crippen LogP contribution >= 0.6 is 0 Å². The second-order valence-corrected chi connectivity index (χ2v) is 36.3. The molecule has 8 atom stereocenters. The maximum Gasteiger partial charge on any atom is 0.192 e. The summed E-state index contributed by atoms with van der Waals surface area (Å²) in [6.07, 6.45) is 2.22. The molecule has 1 aromatic rings. The zero-order chi connectivity index (χ0) is 42.3. The van der Waals surface area contributed by atoms with Crippen LogP contribution in [0.2, 0.25) is 54.4 Å². The molecule has 2 fully saturated rings. The van der Waals surface area contributed by atoms with Crippen molar-refractivity contribution in [3.63, 3.8) is 0 Å². The molecule has 2 saturated heterocycles. The van der Waals surface area contributed by atoms with E-state index >= 15 is 0 Å². The molecule has 0 spiro atoms. The summed E-state index contributed by atoms with van der Waals surface area (Å²) in [4.78, 5) is 0.314. The minimum Gasteiger partial charge on any atom is -0.417 e. The molecule has 2 aliphatic rings. The summed E-state index contributed by atoms with van der Waals surface area (Å²) in [6.45, 7) is 37.4. The van der Waals surface area contributed by atoms with E-state index in [1.165, 1.54) is 0 Å². The van der Waals surface area contributed by atoms with Crippen molar-refractivity contribution >= 4 is 34.8 Å². The van der Waals surface area contributed by atoms with Gasteiger partial charge in [-0.3, -0.25) is 0 Å². The largest absolute Gasteiger partial charge is 0.417 e. The first-order valence-corrected chi connectivity index (χ1v) is 31.6. The van der Waals surface area contributed by atoms with E-state index in [1.54, 1.807) is 31.4 Å². The summed E-state index contributed by atoms with van der Waals surface area (Å²) >= 11 is 0. The average Bonchev–Trinajstić information content (AvgIpc) is 3.42. The lowest BCUT2D eigenvalue weighted by Gasteiger charge is -2.42. The smallest absolute Gasteiger partial charge is 0.192 e. The molecular weight excluding hydrogens is 773 g/mol. The fourth-order valence-electron chi connectivity index (χ4n) is 7.83. The molecule has 2 aliphatic heterocycles. The van der Waals surface area contributed by atoms with Gasteiger partial charge in [-0.15, -0.1) is 0 Å². The van der Waals surface area contributed by atoms with Gasteiger partial charge in [0.2, 0.25) is 0 Å². The van der Waals surface area contributed by atoms with Crippen molar-refractivity contribution in [1.29, 1.82) is 0 Å². The first kappa shape index (κ1) is 49.7. The lowest BCUT2D eigenvalue weighted by molar-refractivity contribution is -0.0759. The summed E-state index contributed by atoms with van der Waals surface area (Å²) in [6, 6.07) is 12.2. The van der Waals surface area contributed by atoms with Crippen molar-refractivity contribution in [3.05, 3.63) is 42.5 Å². The first-order chi connectivity index (χ1) is 25.9. The van der Waals surface area contributed by atoms with E-state index in [1.807, 2.05) is 6.07 Å². The van der Waals surface area contributed by atoms with Gasteiger partial charge < -0.3 is 27.5 Å². The van der Waals surface area contributed by atoms with Crippen LogP contribution in [-0.2, 0) is 37.3 Å². The Balaban J connectivity index is 1.92. The molecule has 0 saturated carbocycles. The molecule has 0 radical (unpaired) electrons. The van der Waals surface area contributed by atoms with E-state index in [0.717, 1.165) is 49.6 Å². The molecule has 0 amide bonds. The van der Waals surface area contributed by atoms with E-state index in [-0.39, 0.29) is 46.2 Å². The van der Waals surface area contributed by atoms with Gasteiger partial charge in [-0.2, -0.15) is 0 Å². The monoisotopic (exact) mass is 855 g/mol. The van der Waals surface area contributed by atoms with Gasteiger partial charge in [0.05, 0.1) is 53.9 Å². The van der Waals surface area contributed by atoms with Gasteiger partial charge >= 0.3 is 0 Å². The number of benzene rings is 1. The van der Waals surface area contributed by atoms with E-state index in [4.69, 9.17) is 27.5 Å². The Hall–Kier alpha value is -0.679. The molecule has 1 aromatic carbocycles. The lowest BCUT2D eigenvalue weighted by atomic mass is 9.83. The molecule has 8 nitrogen and oxygen atoms in total. The van der Waals surface area contributed by atoms with Gasteiger partial charge in [0.1, 0.15) is 0 Å². The van der Waals surface area contributed by atoms with Crippen LogP contribution in [-0.4, -0.2) is 96.1 Å². The highest BCUT2D eigenvalue weighted by Gasteiger charge is 2.50. The van der Waals surface area contributed by atoms with Crippen LogP contribution < -0.4 is 0 Å². The Bertz CT molecular complexity index is 1460. The summed E-state index contributed by atoms with van der Waals surface area (Å²) in [5.41, 5.74) is 1.06. The maximum absolute atomic E-state index is 14.1. The molecule has 4 unspecified atom stereocenters. The Kier molecular flexibility index (Phi) is 18.0. The number of methoxy groups -OCH3 is 1. The Morgan fingerprint density at radius 3 is 2.00 bits per heavy atom. The van der Waals surface area contributed by atoms with Crippen molar-refractivity contribution in [2.24, 2.45) is 11.8 Å². The van der Waals surface area contributed by atoms with Gasteiger partial charge in [-0.1, -0.05) is 94.0 Å². The summed E-state index contributed by atoms with van der Waals surface area (Å²) in [5.74, 6) is -0.217. The van der Waals surface area contributed by atoms with E-state index < -0.39 is 52.9 Å². The Labute approximate surface area is 346 Å². The lowest BCUT2D eigenvalue weighted by Crippen LogP contribution is -2.49. The number of ether oxygens (including phenoxy) is 3. The highest BCUT2D eigenvalue weighted by molar-refractivity contribution is 7.91. The minimum absolute atomic E-state index is 0.000640. The predicted octanol–water partition coefficient (Wildman–Crippen LogP) is 11.2. The first-order valence-electron chi connectivity index (χ1n) is 21.6. The summed E-state index contributed by atoms with van der Waals surface area (Å²) in [7, 11) is -7.92. The SMILES string of the molecule is C=C1C(C)C[C@H](CCCO[Si](CC)(CC)CC)O[C@@H]1C[C@@H]1OC(CC(CO[Si](C)(C)C(C)(C)C)O[Si](C)(C)C(C)(C)C)[C@H](OC)C1CS(=O)(=O)c1ccccc1. The molecule has 2 heterocycles. The fourth-order valence-corrected chi connectivity index (χ4v) is 14.6. The van der Waals surface area contributed by atoms with Crippen LogP contribution in [0.4, 0.5) is 0 Å². The highest BCUT2D eigenvalue weighted by Crippen LogP contribution is 2.43. The third kappa shape index (κ3) is 12.9. The number of rotatable bonds is 21. The number of sulfone groups is 1. The summed E-state index contributed by atoms with van der Waals surface area (Å²) in [5, 5.41) is 0.0477. The Morgan fingerprint density at radius 1 is 0.875 bits per heavy atom. The molecule has 0 aromatic heterocycles. The standard InChI is InChI=1S/C44H82O8SSi3/c1-17-56(18-2,19-3)48-27-23-24-35-28-33(4)34(5)39(50-35)30-40-38(32-53(45,46)37-25-21-20-22-26-37)42(47-12)41(51-40)29-36(52-55(15,16)44(9,10)11)31-49-54(13,14)43(6,7)8/h20-22,25-26,33,35-36,38-42H,5,17-19,23-24,27-32H2,1-4,6-16H3/t33?,35-,36?,38?,39+,40-,41?,42+/m0/s1. The van der Waals surface area contributed by atoms with Crippen LogP contribution in [0.1, 0.15) is 101 Å². The maximum atomic E-state index is 14.1. The van der Waals surface area contributed by atoms with Gasteiger partial charge in [0, 0.05) is 32.5 Å². The van der Waals surface area contributed by atoms with E-state index in [0.29, 0.717) is 24.3 Å². The minimum atomic E-state index is -3.65. The van der Waals surface area contributed by atoms with Crippen LogP contribution in [0, 0.1) is 11.8 Å². The quantitative estimate of drug-likeness (QED) is 0.0686. The molecule has 324 valence electrons. The van der Waals surface area contributed by atoms with Crippen LogP contribution in [0.5, 0.6) is 0 Å². The van der Waals surface area contributed by atoms with Crippen LogP contribution in [0.15, 0.2) is 47.4 Å². The van der Waals surface area contributed by atoms with Crippen molar-refractivity contribution < 1.29 is 35.9 Å². The summed E-state index contributed by atoms with van der Waals surface area (Å²) < 4.78 is 68.9.